The van der Waals surface area contributed by atoms with E-state index in [1.807, 2.05) is 44.2 Å². The lowest BCUT2D eigenvalue weighted by Gasteiger charge is -2.31. The van der Waals surface area contributed by atoms with E-state index in [0.717, 1.165) is 12.8 Å². The minimum absolute atomic E-state index is 0. The quantitative estimate of drug-likeness (QED) is 0.755. The van der Waals surface area contributed by atoms with Crippen LogP contribution < -0.4 is 15.8 Å². The number of carbonyl (C=O) groups excluding carboxylic acids is 1. The number of amides is 1. The summed E-state index contributed by atoms with van der Waals surface area (Å²) in [6.07, 6.45) is 3.10. The van der Waals surface area contributed by atoms with Crippen LogP contribution in [0.1, 0.15) is 37.2 Å². The van der Waals surface area contributed by atoms with Crippen LogP contribution in [0.3, 0.4) is 0 Å². The van der Waals surface area contributed by atoms with Gasteiger partial charge in [0.2, 0.25) is 0 Å². The van der Waals surface area contributed by atoms with E-state index in [0.29, 0.717) is 23.7 Å². The van der Waals surface area contributed by atoms with Crippen LogP contribution in [0.25, 0.3) is 0 Å². The van der Waals surface area contributed by atoms with Gasteiger partial charge in [-0.25, -0.2) is 0 Å². The van der Waals surface area contributed by atoms with Crippen LogP contribution in [0.2, 0.25) is 0 Å². The van der Waals surface area contributed by atoms with Crippen molar-refractivity contribution >= 4 is 30.7 Å². The van der Waals surface area contributed by atoms with Crippen molar-refractivity contribution in [1.82, 2.24) is 10.3 Å². The first-order chi connectivity index (χ1) is 11.1. The predicted molar refractivity (Wildman–Crippen MR) is 105 cm³/mol. The van der Waals surface area contributed by atoms with Crippen molar-refractivity contribution in [2.75, 3.05) is 6.54 Å². The van der Waals surface area contributed by atoms with Crippen LogP contribution in [0.4, 0.5) is 0 Å². The Balaban J connectivity index is 0.00000288. The molecule has 1 amide bonds. The molecule has 0 fully saturated rings. The molecular formula is C18H25Cl2N3O2. The maximum atomic E-state index is 12.5. The molecule has 3 N–H and O–H groups in total. The highest BCUT2D eigenvalue weighted by Crippen LogP contribution is 2.21. The number of rotatable bonds is 7. The average Bonchev–Trinajstić information content (AvgIpc) is 2.61. The topological polar surface area (TPSA) is 77.2 Å². The van der Waals surface area contributed by atoms with E-state index in [4.69, 9.17) is 10.5 Å². The number of hydrogen-bond donors (Lipinski definition) is 2. The van der Waals surface area contributed by atoms with E-state index in [9.17, 15) is 4.79 Å². The number of nitrogens with one attached hydrogen (secondary N) is 1. The van der Waals surface area contributed by atoms with E-state index in [1.165, 1.54) is 0 Å². The standard InChI is InChI=1S/C18H23N3O2.2ClH/c1-3-18(4-2,13-19)21-17(22)16-12-15(10-11-20-16)23-14-8-6-5-7-9-14;;/h5-12H,3-4,13,19H2,1-2H3,(H,21,22);2*1H. The lowest BCUT2D eigenvalue weighted by molar-refractivity contribution is 0.0889. The van der Waals surface area contributed by atoms with Crippen LogP contribution in [-0.2, 0) is 0 Å². The van der Waals surface area contributed by atoms with E-state index < -0.39 is 5.54 Å². The number of halogens is 2. The fraction of sp³-hybridized carbons (Fsp3) is 0.333. The number of aromatic nitrogens is 1. The molecule has 0 bridgehead atoms. The van der Waals surface area contributed by atoms with E-state index in [1.54, 1.807) is 18.3 Å². The van der Waals surface area contributed by atoms with Crippen molar-refractivity contribution in [3.8, 4) is 11.5 Å². The molecule has 1 heterocycles. The van der Waals surface area contributed by atoms with Gasteiger partial charge in [0, 0.05) is 18.8 Å². The number of nitrogens with two attached hydrogens (primary N) is 1. The molecular weight excluding hydrogens is 361 g/mol. The summed E-state index contributed by atoms with van der Waals surface area (Å²) in [5.74, 6) is 1.05. The monoisotopic (exact) mass is 385 g/mol. The van der Waals surface area contributed by atoms with Gasteiger partial charge >= 0.3 is 0 Å². The van der Waals surface area contributed by atoms with E-state index in [-0.39, 0.29) is 30.7 Å². The average molecular weight is 386 g/mol. The smallest absolute Gasteiger partial charge is 0.270 e. The van der Waals surface area contributed by atoms with Crippen molar-refractivity contribution in [1.29, 1.82) is 0 Å². The van der Waals surface area contributed by atoms with Crippen LogP contribution in [0, 0.1) is 0 Å². The Labute approximate surface area is 161 Å². The molecule has 2 aromatic rings. The maximum Gasteiger partial charge on any atom is 0.270 e. The fourth-order valence-corrected chi connectivity index (χ4v) is 2.29. The van der Waals surface area contributed by atoms with Gasteiger partial charge in [0.05, 0.1) is 5.54 Å². The zero-order valence-electron chi connectivity index (χ0n) is 14.4. The fourth-order valence-electron chi connectivity index (χ4n) is 2.29. The molecule has 0 radical (unpaired) electrons. The number of pyridine rings is 1. The third-order valence-electron chi connectivity index (χ3n) is 4.07. The molecule has 0 aliphatic heterocycles. The molecule has 1 aromatic heterocycles. The SMILES string of the molecule is CCC(CC)(CN)NC(=O)c1cc(Oc2ccccc2)ccn1.Cl.Cl. The number of benzene rings is 1. The van der Waals surface area contributed by atoms with Gasteiger partial charge < -0.3 is 15.8 Å². The molecule has 0 atom stereocenters. The summed E-state index contributed by atoms with van der Waals surface area (Å²) in [6.45, 7) is 4.42. The third-order valence-corrected chi connectivity index (χ3v) is 4.07. The predicted octanol–water partition coefficient (Wildman–Crippen LogP) is 3.96. The second kappa shape index (κ2) is 10.9. The minimum atomic E-state index is -0.394. The van der Waals surface area contributed by atoms with Crippen molar-refractivity contribution in [2.24, 2.45) is 5.73 Å². The number of nitrogens with zero attached hydrogens (tertiary/aromatic N) is 1. The van der Waals surface area contributed by atoms with Crippen LogP contribution in [0.15, 0.2) is 48.7 Å². The van der Waals surface area contributed by atoms with Crippen LogP contribution in [-0.4, -0.2) is 23.0 Å². The van der Waals surface area contributed by atoms with Gasteiger partial charge in [0.1, 0.15) is 17.2 Å². The van der Waals surface area contributed by atoms with Crippen molar-refractivity contribution in [3.63, 3.8) is 0 Å². The highest BCUT2D eigenvalue weighted by atomic mass is 35.5. The zero-order chi connectivity index (χ0) is 16.7. The largest absolute Gasteiger partial charge is 0.457 e. The molecule has 0 spiro atoms. The van der Waals surface area contributed by atoms with Gasteiger partial charge in [-0.05, 0) is 31.0 Å². The molecule has 0 saturated heterocycles. The third kappa shape index (κ3) is 6.20. The molecule has 0 saturated carbocycles. The first-order valence-corrected chi connectivity index (χ1v) is 7.84. The Kier molecular flexibility index (Phi) is 10.1. The molecule has 25 heavy (non-hydrogen) atoms. The number of carbonyl (C=O) groups is 1. The Morgan fingerprint density at radius 3 is 2.32 bits per heavy atom. The van der Waals surface area contributed by atoms with Gasteiger partial charge in [0.25, 0.3) is 5.91 Å². The summed E-state index contributed by atoms with van der Waals surface area (Å²) in [5.41, 5.74) is 5.75. The van der Waals surface area contributed by atoms with Crippen LogP contribution in [0.5, 0.6) is 11.5 Å². The number of ether oxygens (including phenoxy) is 1. The van der Waals surface area contributed by atoms with Gasteiger partial charge in [-0.2, -0.15) is 0 Å². The van der Waals surface area contributed by atoms with E-state index in [2.05, 4.69) is 10.3 Å². The summed E-state index contributed by atoms with van der Waals surface area (Å²) in [5, 5.41) is 3.00. The Bertz CT molecular complexity index is 642. The highest BCUT2D eigenvalue weighted by Gasteiger charge is 2.27. The minimum Gasteiger partial charge on any atom is -0.457 e. The molecule has 0 aliphatic rings. The van der Waals surface area contributed by atoms with Gasteiger partial charge in [-0.3, -0.25) is 9.78 Å². The molecule has 7 heteroatoms. The first kappa shape index (κ1) is 23.2. The number of hydrogen-bond acceptors (Lipinski definition) is 4. The van der Waals surface area contributed by atoms with Crippen molar-refractivity contribution in [3.05, 3.63) is 54.4 Å². The summed E-state index contributed by atoms with van der Waals surface area (Å²) < 4.78 is 5.73. The zero-order valence-corrected chi connectivity index (χ0v) is 16.0. The highest BCUT2D eigenvalue weighted by molar-refractivity contribution is 5.93. The van der Waals surface area contributed by atoms with Crippen molar-refractivity contribution < 1.29 is 9.53 Å². The molecule has 0 aliphatic carbocycles. The van der Waals surface area contributed by atoms with Gasteiger partial charge in [-0.1, -0.05) is 32.0 Å². The summed E-state index contributed by atoms with van der Waals surface area (Å²) in [6, 6.07) is 12.8. The molecule has 0 unspecified atom stereocenters. The van der Waals surface area contributed by atoms with Crippen molar-refractivity contribution in [2.45, 2.75) is 32.2 Å². The molecule has 2 rings (SSSR count). The van der Waals surface area contributed by atoms with Gasteiger partial charge in [-0.15, -0.1) is 24.8 Å². The van der Waals surface area contributed by atoms with Gasteiger partial charge in [0.15, 0.2) is 0 Å². The maximum absolute atomic E-state index is 12.5. The molecule has 138 valence electrons. The lowest BCUT2D eigenvalue weighted by atomic mass is 9.93. The normalized spacial score (nSPS) is 10.2. The molecule has 5 nitrogen and oxygen atoms in total. The summed E-state index contributed by atoms with van der Waals surface area (Å²) >= 11 is 0. The second-order valence-corrected chi connectivity index (χ2v) is 5.44. The Morgan fingerprint density at radius 2 is 1.76 bits per heavy atom. The number of para-hydroxylation sites is 1. The Morgan fingerprint density at radius 1 is 1.12 bits per heavy atom. The molecule has 1 aromatic carbocycles. The summed E-state index contributed by atoms with van der Waals surface area (Å²) in [4.78, 5) is 16.6. The van der Waals surface area contributed by atoms with Crippen LogP contribution >= 0.6 is 24.8 Å². The first-order valence-electron chi connectivity index (χ1n) is 7.84. The summed E-state index contributed by atoms with van der Waals surface area (Å²) in [7, 11) is 0. The lowest BCUT2D eigenvalue weighted by Crippen LogP contribution is -2.53. The van der Waals surface area contributed by atoms with E-state index >= 15 is 0 Å². The Hall–Kier alpha value is -1.82. The second-order valence-electron chi connectivity index (χ2n) is 5.44.